The number of nitrogens with zero attached hydrogens (tertiary/aromatic N) is 6. The number of hydrogen-bond donors (Lipinski definition) is 1. The summed E-state index contributed by atoms with van der Waals surface area (Å²) in [5.74, 6) is 0.202. The molecule has 1 aliphatic heterocycles. The normalized spacial score (nSPS) is 20.6. The van der Waals surface area contributed by atoms with Crippen molar-refractivity contribution in [2.45, 2.75) is 31.8 Å². The van der Waals surface area contributed by atoms with Crippen LogP contribution in [-0.4, -0.2) is 69.1 Å². The van der Waals surface area contributed by atoms with Crippen LogP contribution < -0.4 is 5.73 Å². The molecule has 106 valence electrons. The number of nitrogen functional groups attached to an aromatic ring is 1. The molecule has 1 aromatic rings. The van der Waals surface area contributed by atoms with Gasteiger partial charge in [-0.1, -0.05) is 5.10 Å². The smallest absolute Gasteiger partial charge is 0.244 e. The zero-order valence-corrected chi connectivity index (χ0v) is 11.5. The zero-order valence-electron chi connectivity index (χ0n) is 11.5. The van der Waals surface area contributed by atoms with Crippen LogP contribution in [0, 0.1) is 0 Å². The monoisotopic (exact) mass is 267 g/mol. The molecule has 2 heterocycles. The summed E-state index contributed by atoms with van der Waals surface area (Å²) in [6.45, 7) is 1.69. The van der Waals surface area contributed by atoms with E-state index in [0.29, 0.717) is 6.04 Å². The number of amides is 1. The average molecular weight is 267 g/mol. The first-order chi connectivity index (χ1) is 9.08. The molecule has 0 bridgehead atoms. The molecular formula is C11H21N7O. The van der Waals surface area contributed by atoms with Crippen molar-refractivity contribution in [2.75, 3.05) is 32.9 Å². The van der Waals surface area contributed by atoms with Gasteiger partial charge in [-0.15, -0.1) is 0 Å². The third-order valence-electron chi connectivity index (χ3n) is 3.63. The minimum absolute atomic E-state index is 0.0263. The summed E-state index contributed by atoms with van der Waals surface area (Å²) in [4.78, 5) is 16.3. The van der Waals surface area contributed by atoms with E-state index in [9.17, 15) is 4.79 Å². The molecule has 0 spiro atoms. The molecule has 8 nitrogen and oxygen atoms in total. The summed E-state index contributed by atoms with van der Waals surface area (Å²) in [5.41, 5.74) is 5.56. The fraction of sp³-hybridized carbons (Fsp3) is 0.818. The molecule has 0 aliphatic carbocycles. The minimum Gasteiger partial charge on any atom is -0.367 e. The second kappa shape index (κ2) is 5.96. The number of anilines is 1. The van der Waals surface area contributed by atoms with E-state index in [2.05, 4.69) is 34.5 Å². The Bertz CT molecular complexity index is 430. The SMILES string of the molecule is CN(C)[C@@H]1CCCN(C(=O)Cn2nnnc2N)CC1. The van der Waals surface area contributed by atoms with Crippen molar-refractivity contribution in [2.24, 2.45) is 0 Å². The van der Waals surface area contributed by atoms with Gasteiger partial charge in [0, 0.05) is 19.1 Å². The van der Waals surface area contributed by atoms with Gasteiger partial charge in [0.1, 0.15) is 6.54 Å². The lowest BCUT2D eigenvalue weighted by Gasteiger charge is -2.23. The van der Waals surface area contributed by atoms with Crippen LogP contribution in [0.1, 0.15) is 19.3 Å². The van der Waals surface area contributed by atoms with Gasteiger partial charge in [0.15, 0.2) is 0 Å². The lowest BCUT2D eigenvalue weighted by atomic mass is 10.1. The Kier molecular flexibility index (Phi) is 4.31. The van der Waals surface area contributed by atoms with E-state index < -0.39 is 0 Å². The molecular weight excluding hydrogens is 246 g/mol. The van der Waals surface area contributed by atoms with Gasteiger partial charge in [0.05, 0.1) is 0 Å². The van der Waals surface area contributed by atoms with Crippen molar-refractivity contribution in [3.63, 3.8) is 0 Å². The molecule has 0 unspecified atom stereocenters. The quantitative estimate of drug-likeness (QED) is 0.770. The van der Waals surface area contributed by atoms with Gasteiger partial charge in [-0.3, -0.25) is 4.79 Å². The third-order valence-corrected chi connectivity index (χ3v) is 3.63. The van der Waals surface area contributed by atoms with E-state index in [1.165, 1.54) is 4.68 Å². The van der Waals surface area contributed by atoms with Crippen LogP contribution in [0.5, 0.6) is 0 Å². The van der Waals surface area contributed by atoms with Crippen LogP contribution in [0.4, 0.5) is 5.95 Å². The summed E-state index contributed by atoms with van der Waals surface area (Å²) in [6.07, 6.45) is 3.16. The van der Waals surface area contributed by atoms with Crippen LogP contribution in [0.2, 0.25) is 0 Å². The van der Waals surface area contributed by atoms with Gasteiger partial charge in [-0.05, 0) is 43.8 Å². The highest BCUT2D eigenvalue weighted by Crippen LogP contribution is 2.15. The molecule has 1 saturated heterocycles. The molecule has 0 radical (unpaired) electrons. The largest absolute Gasteiger partial charge is 0.367 e. The standard InChI is InChI=1S/C11H21N7O/c1-16(2)9-4-3-6-17(7-5-9)10(19)8-18-11(12)13-14-15-18/h9H,3-8H2,1-2H3,(H2,12,13,15)/t9-/m1/s1. The minimum atomic E-state index is 0.0263. The van der Waals surface area contributed by atoms with E-state index in [1.54, 1.807) is 0 Å². The molecule has 19 heavy (non-hydrogen) atoms. The number of nitrogens with two attached hydrogens (primary N) is 1. The number of rotatable bonds is 3. The molecule has 1 aliphatic rings. The Labute approximate surface area is 112 Å². The molecule has 1 aromatic heterocycles. The summed E-state index contributed by atoms with van der Waals surface area (Å²) in [5, 5.41) is 10.7. The molecule has 1 amide bonds. The number of tetrazole rings is 1. The van der Waals surface area contributed by atoms with Gasteiger partial charge in [0.2, 0.25) is 11.9 Å². The number of aromatic nitrogens is 4. The number of carbonyl (C=O) groups is 1. The Hall–Kier alpha value is -1.70. The Morgan fingerprint density at radius 3 is 2.84 bits per heavy atom. The second-order valence-electron chi connectivity index (χ2n) is 5.12. The van der Waals surface area contributed by atoms with E-state index in [1.807, 2.05) is 4.90 Å². The van der Waals surface area contributed by atoms with E-state index in [-0.39, 0.29) is 18.4 Å². The topological polar surface area (TPSA) is 93.2 Å². The van der Waals surface area contributed by atoms with Gasteiger partial charge < -0.3 is 15.5 Å². The zero-order chi connectivity index (χ0) is 13.8. The molecule has 2 N–H and O–H groups in total. The first-order valence-electron chi connectivity index (χ1n) is 6.53. The summed E-state index contributed by atoms with van der Waals surface area (Å²) >= 11 is 0. The Morgan fingerprint density at radius 1 is 1.42 bits per heavy atom. The van der Waals surface area contributed by atoms with Crippen LogP contribution in [0.15, 0.2) is 0 Å². The summed E-state index contributed by atoms with van der Waals surface area (Å²) in [6, 6.07) is 0.552. The number of carbonyl (C=O) groups excluding carboxylic acids is 1. The van der Waals surface area contributed by atoms with Crippen molar-refractivity contribution in [3.8, 4) is 0 Å². The maximum absolute atomic E-state index is 12.2. The molecule has 8 heteroatoms. The first-order valence-corrected chi connectivity index (χ1v) is 6.53. The molecule has 1 atom stereocenters. The van der Waals surface area contributed by atoms with Crippen molar-refractivity contribution < 1.29 is 4.79 Å². The van der Waals surface area contributed by atoms with Crippen LogP contribution in [-0.2, 0) is 11.3 Å². The van der Waals surface area contributed by atoms with E-state index in [0.717, 1.165) is 32.4 Å². The van der Waals surface area contributed by atoms with Gasteiger partial charge >= 0.3 is 0 Å². The predicted molar refractivity (Wildman–Crippen MR) is 70.1 cm³/mol. The average Bonchev–Trinajstić information content (AvgIpc) is 2.66. The predicted octanol–water partition coefficient (Wildman–Crippen LogP) is -0.802. The van der Waals surface area contributed by atoms with Crippen molar-refractivity contribution >= 4 is 11.9 Å². The highest BCUT2D eigenvalue weighted by Gasteiger charge is 2.22. The first kappa shape index (κ1) is 13.7. The van der Waals surface area contributed by atoms with Crippen molar-refractivity contribution in [1.82, 2.24) is 30.0 Å². The lowest BCUT2D eigenvalue weighted by molar-refractivity contribution is -0.132. The van der Waals surface area contributed by atoms with Gasteiger partial charge in [-0.2, -0.15) is 0 Å². The summed E-state index contributed by atoms with van der Waals surface area (Å²) in [7, 11) is 4.17. The molecule has 0 aromatic carbocycles. The fourth-order valence-corrected chi connectivity index (χ4v) is 2.40. The fourth-order valence-electron chi connectivity index (χ4n) is 2.40. The summed E-state index contributed by atoms with van der Waals surface area (Å²) < 4.78 is 1.33. The van der Waals surface area contributed by atoms with Gasteiger partial charge in [-0.25, -0.2) is 4.68 Å². The number of likely N-dealkylation sites (tertiary alicyclic amines) is 1. The van der Waals surface area contributed by atoms with Crippen LogP contribution in [0.3, 0.4) is 0 Å². The van der Waals surface area contributed by atoms with Crippen molar-refractivity contribution in [3.05, 3.63) is 0 Å². The maximum atomic E-state index is 12.2. The molecule has 2 rings (SSSR count). The van der Waals surface area contributed by atoms with Crippen molar-refractivity contribution in [1.29, 1.82) is 0 Å². The van der Waals surface area contributed by atoms with Crippen LogP contribution in [0.25, 0.3) is 0 Å². The molecule has 0 saturated carbocycles. The number of hydrogen-bond acceptors (Lipinski definition) is 6. The highest BCUT2D eigenvalue weighted by atomic mass is 16.2. The maximum Gasteiger partial charge on any atom is 0.244 e. The third kappa shape index (κ3) is 3.40. The Morgan fingerprint density at radius 2 is 2.21 bits per heavy atom. The second-order valence-corrected chi connectivity index (χ2v) is 5.12. The van der Waals surface area contributed by atoms with E-state index >= 15 is 0 Å². The van der Waals surface area contributed by atoms with E-state index in [4.69, 9.17) is 5.73 Å². The molecule has 1 fully saturated rings. The lowest BCUT2D eigenvalue weighted by Crippen LogP contribution is -2.36. The Balaban J connectivity index is 1.91. The van der Waals surface area contributed by atoms with Gasteiger partial charge in [0.25, 0.3) is 0 Å². The highest BCUT2D eigenvalue weighted by molar-refractivity contribution is 5.76. The van der Waals surface area contributed by atoms with Crippen LogP contribution >= 0.6 is 0 Å².